The van der Waals surface area contributed by atoms with Gasteiger partial charge >= 0.3 is 12.0 Å². The van der Waals surface area contributed by atoms with Gasteiger partial charge in [-0.25, -0.2) is 9.59 Å². The second-order valence-electron chi connectivity index (χ2n) is 4.26. The average molecular weight is 306 g/mol. The van der Waals surface area contributed by atoms with Crippen molar-refractivity contribution in [1.29, 1.82) is 0 Å². The largest absolute Gasteiger partial charge is 0.478 e. The lowest BCUT2D eigenvalue weighted by atomic mass is 10.1. The van der Waals surface area contributed by atoms with Crippen molar-refractivity contribution in [3.63, 3.8) is 0 Å². The zero-order valence-corrected chi connectivity index (χ0v) is 12.1. The third-order valence-corrected chi connectivity index (χ3v) is 3.40. The fraction of sp³-hybridized carbons (Fsp3) is 0.231. The van der Waals surface area contributed by atoms with Crippen LogP contribution in [0.4, 0.5) is 9.93 Å². The number of anilines is 1. The summed E-state index contributed by atoms with van der Waals surface area (Å²) < 4.78 is 0. The molecule has 0 saturated heterocycles. The third-order valence-electron chi connectivity index (χ3n) is 2.65. The lowest BCUT2D eigenvalue weighted by molar-refractivity contribution is 0.0697. The summed E-state index contributed by atoms with van der Waals surface area (Å²) in [5.41, 5.74) is 1.20. The predicted octanol–water partition coefficient (Wildman–Crippen LogP) is 1.91. The molecule has 0 aliphatic rings. The maximum atomic E-state index is 11.6. The van der Waals surface area contributed by atoms with Gasteiger partial charge in [0, 0.05) is 6.54 Å². The number of benzene rings is 1. The van der Waals surface area contributed by atoms with Gasteiger partial charge in [-0.3, -0.25) is 5.32 Å². The predicted molar refractivity (Wildman–Crippen MR) is 78.8 cm³/mol. The van der Waals surface area contributed by atoms with Crippen LogP contribution in [0.3, 0.4) is 0 Å². The quantitative estimate of drug-likeness (QED) is 0.782. The Balaban J connectivity index is 1.76. The van der Waals surface area contributed by atoms with Crippen molar-refractivity contribution in [1.82, 2.24) is 15.5 Å². The fourth-order valence-electron chi connectivity index (χ4n) is 1.62. The van der Waals surface area contributed by atoms with Gasteiger partial charge in [0.25, 0.3) is 0 Å². The zero-order valence-electron chi connectivity index (χ0n) is 11.3. The Kier molecular flexibility index (Phi) is 4.83. The van der Waals surface area contributed by atoms with Crippen molar-refractivity contribution in [3.8, 4) is 0 Å². The SMILES string of the molecule is Cc1nnc(NC(=O)NCCc2ccc(C(=O)O)cc2)s1. The molecule has 0 radical (unpaired) electrons. The minimum Gasteiger partial charge on any atom is -0.478 e. The first kappa shape index (κ1) is 14.9. The number of rotatable bonds is 5. The lowest BCUT2D eigenvalue weighted by Crippen LogP contribution is -2.30. The molecular formula is C13H14N4O3S. The number of aromatic carboxylic acids is 1. The molecular weight excluding hydrogens is 292 g/mol. The molecule has 21 heavy (non-hydrogen) atoms. The van der Waals surface area contributed by atoms with Crippen LogP contribution in [0.25, 0.3) is 0 Å². The number of carboxylic acids is 1. The highest BCUT2D eigenvalue weighted by molar-refractivity contribution is 7.15. The molecule has 8 heteroatoms. The Bertz CT molecular complexity index is 639. The van der Waals surface area contributed by atoms with Gasteiger partial charge in [0.15, 0.2) is 0 Å². The first-order valence-electron chi connectivity index (χ1n) is 6.22. The van der Waals surface area contributed by atoms with Crippen LogP contribution in [0.15, 0.2) is 24.3 Å². The van der Waals surface area contributed by atoms with E-state index in [2.05, 4.69) is 20.8 Å². The molecule has 0 bridgehead atoms. The summed E-state index contributed by atoms with van der Waals surface area (Å²) in [4.78, 5) is 22.3. The molecule has 0 atom stereocenters. The Morgan fingerprint density at radius 2 is 1.95 bits per heavy atom. The second kappa shape index (κ2) is 6.80. The number of hydrogen-bond acceptors (Lipinski definition) is 5. The van der Waals surface area contributed by atoms with E-state index in [-0.39, 0.29) is 11.6 Å². The van der Waals surface area contributed by atoms with E-state index in [9.17, 15) is 9.59 Å². The molecule has 2 aromatic rings. The van der Waals surface area contributed by atoms with Crippen LogP contribution in [0, 0.1) is 6.92 Å². The molecule has 0 fully saturated rings. The maximum absolute atomic E-state index is 11.6. The first-order chi connectivity index (χ1) is 10.0. The number of urea groups is 1. The molecule has 1 aromatic heterocycles. The summed E-state index contributed by atoms with van der Waals surface area (Å²) in [6.07, 6.45) is 0.614. The standard InChI is InChI=1S/C13H14N4O3S/c1-8-16-17-13(21-8)15-12(20)14-7-6-9-2-4-10(5-3-9)11(18)19/h2-5H,6-7H2,1H3,(H,18,19)(H2,14,15,17,20). The molecule has 2 amide bonds. The third kappa shape index (κ3) is 4.53. The highest BCUT2D eigenvalue weighted by Gasteiger charge is 2.06. The number of hydrogen-bond donors (Lipinski definition) is 3. The second-order valence-corrected chi connectivity index (χ2v) is 5.44. The topological polar surface area (TPSA) is 104 Å². The number of aryl methyl sites for hydroxylation is 1. The van der Waals surface area contributed by atoms with Crippen molar-refractivity contribution >= 4 is 28.5 Å². The highest BCUT2D eigenvalue weighted by Crippen LogP contribution is 2.13. The fourth-order valence-corrected chi connectivity index (χ4v) is 2.21. The molecule has 3 N–H and O–H groups in total. The molecule has 1 heterocycles. The van der Waals surface area contributed by atoms with Crippen molar-refractivity contribution in [2.45, 2.75) is 13.3 Å². The van der Waals surface area contributed by atoms with E-state index < -0.39 is 5.97 Å². The van der Waals surface area contributed by atoms with Gasteiger partial charge in [-0.05, 0) is 31.0 Å². The van der Waals surface area contributed by atoms with E-state index in [1.165, 1.54) is 11.3 Å². The molecule has 0 saturated carbocycles. The molecule has 2 rings (SSSR count). The van der Waals surface area contributed by atoms with Gasteiger partial charge in [-0.2, -0.15) is 0 Å². The minimum absolute atomic E-state index is 0.246. The van der Waals surface area contributed by atoms with Crippen LogP contribution in [0.5, 0.6) is 0 Å². The van der Waals surface area contributed by atoms with Crippen LogP contribution in [0.2, 0.25) is 0 Å². The molecule has 1 aromatic carbocycles. The monoisotopic (exact) mass is 306 g/mol. The summed E-state index contributed by atoms with van der Waals surface area (Å²) in [6.45, 7) is 2.25. The number of nitrogens with one attached hydrogen (secondary N) is 2. The van der Waals surface area contributed by atoms with E-state index in [0.717, 1.165) is 10.6 Å². The van der Waals surface area contributed by atoms with Gasteiger partial charge in [0.2, 0.25) is 5.13 Å². The number of nitrogens with zero attached hydrogens (tertiary/aromatic N) is 2. The van der Waals surface area contributed by atoms with Gasteiger partial charge in [0.05, 0.1) is 5.56 Å². The zero-order chi connectivity index (χ0) is 15.2. The van der Waals surface area contributed by atoms with Gasteiger partial charge in [-0.1, -0.05) is 23.5 Å². The molecule has 0 unspecified atom stereocenters. The molecule has 110 valence electrons. The maximum Gasteiger partial charge on any atom is 0.335 e. The number of carbonyl (C=O) groups is 2. The Hall–Kier alpha value is -2.48. The van der Waals surface area contributed by atoms with Crippen molar-refractivity contribution in [2.24, 2.45) is 0 Å². The van der Waals surface area contributed by atoms with E-state index in [4.69, 9.17) is 5.11 Å². The normalized spacial score (nSPS) is 10.1. The van der Waals surface area contributed by atoms with Gasteiger partial charge in [-0.15, -0.1) is 10.2 Å². The Morgan fingerprint density at radius 3 is 2.52 bits per heavy atom. The first-order valence-corrected chi connectivity index (χ1v) is 7.03. The summed E-state index contributed by atoms with van der Waals surface area (Å²) in [7, 11) is 0. The van der Waals surface area contributed by atoms with E-state index in [0.29, 0.717) is 18.1 Å². The van der Waals surface area contributed by atoms with Crippen molar-refractivity contribution in [3.05, 3.63) is 40.4 Å². The number of aromatic nitrogens is 2. The molecule has 0 aliphatic carbocycles. The van der Waals surface area contributed by atoms with E-state index >= 15 is 0 Å². The number of amides is 2. The summed E-state index contributed by atoms with van der Waals surface area (Å²) in [6, 6.07) is 6.21. The van der Waals surface area contributed by atoms with Crippen molar-refractivity contribution in [2.75, 3.05) is 11.9 Å². The van der Waals surface area contributed by atoms with Crippen LogP contribution >= 0.6 is 11.3 Å². The Labute approximate surface area is 125 Å². The van der Waals surface area contributed by atoms with Crippen molar-refractivity contribution < 1.29 is 14.7 Å². The molecule has 7 nitrogen and oxygen atoms in total. The minimum atomic E-state index is -0.952. The van der Waals surface area contributed by atoms with E-state index in [1.54, 1.807) is 24.3 Å². The summed E-state index contributed by atoms with van der Waals surface area (Å²) >= 11 is 1.30. The van der Waals surface area contributed by atoms with Gasteiger partial charge in [0.1, 0.15) is 5.01 Å². The Morgan fingerprint density at radius 1 is 1.24 bits per heavy atom. The summed E-state index contributed by atoms with van der Waals surface area (Å²) in [5.74, 6) is -0.952. The molecule has 0 spiro atoms. The van der Waals surface area contributed by atoms with Crippen LogP contribution in [-0.4, -0.2) is 33.8 Å². The van der Waals surface area contributed by atoms with E-state index in [1.807, 2.05) is 6.92 Å². The van der Waals surface area contributed by atoms with Crippen LogP contribution in [-0.2, 0) is 6.42 Å². The van der Waals surface area contributed by atoms with Crippen LogP contribution in [0.1, 0.15) is 20.9 Å². The number of carbonyl (C=O) groups excluding carboxylic acids is 1. The van der Waals surface area contributed by atoms with Gasteiger partial charge < -0.3 is 10.4 Å². The highest BCUT2D eigenvalue weighted by atomic mass is 32.1. The summed E-state index contributed by atoms with van der Waals surface area (Å²) in [5, 5.41) is 22.9. The lowest BCUT2D eigenvalue weighted by Gasteiger charge is -2.05. The smallest absolute Gasteiger partial charge is 0.335 e. The number of carboxylic acid groups (broad SMARTS) is 1. The molecule has 0 aliphatic heterocycles. The average Bonchev–Trinajstić information content (AvgIpc) is 2.84. The van der Waals surface area contributed by atoms with Crippen LogP contribution < -0.4 is 10.6 Å².